The number of anilines is 1. The van der Waals surface area contributed by atoms with Crippen molar-refractivity contribution in [2.75, 3.05) is 11.5 Å². The molecule has 0 saturated carbocycles. The van der Waals surface area contributed by atoms with E-state index in [1.54, 1.807) is 43.3 Å². The topological polar surface area (TPSA) is 101 Å². The third-order valence-corrected chi connectivity index (χ3v) is 7.78. The molecule has 0 bridgehead atoms. The van der Waals surface area contributed by atoms with Crippen molar-refractivity contribution in [2.24, 2.45) is 0 Å². The molecule has 8 nitrogen and oxygen atoms in total. The molecular formula is C27H26N2O6S. The van der Waals surface area contributed by atoms with Crippen LogP contribution in [0.25, 0.3) is 0 Å². The van der Waals surface area contributed by atoms with Gasteiger partial charge in [-0.1, -0.05) is 48.0 Å². The standard InChI is InChI=1S/C27H26N2O6S/c1-3-35-27(32)21-11-13-22(14-12-21)29-25(30)17-24(26(29)31)28(18-20-7-5-4-6-8-20)36(33,34)23-15-9-19(2)10-16-23/h4-16,24H,3,17-18H2,1-2H3. The number of hydrogen-bond donors (Lipinski definition) is 0. The molecule has 0 aliphatic carbocycles. The second-order valence-corrected chi connectivity index (χ2v) is 10.3. The fourth-order valence-electron chi connectivity index (χ4n) is 4.04. The van der Waals surface area contributed by atoms with Gasteiger partial charge in [0.2, 0.25) is 15.9 Å². The van der Waals surface area contributed by atoms with Crippen LogP contribution in [0.15, 0.2) is 83.8 Å². The SMILES string of the molecule is CCOC(=O)c1ccc(N2C(=O)CC(N(Cc3ccccc3)S(=O)(=O)c3ccc(C)cc3)C2=O)cc1. The average Bonchev–Trinajstić information content (AvgIpc) is 3.16. The zero-order chi connectivity index (χ0) is 25.9. The van der Waals surface area contributed by atoms with Crippen LogP contribution >= 0.6 is 0 Å². The van der Waals surface area contributed by atoms with Crippen LogP contribution in [0.5, 0.6) is 0 Å². The van der Waals surface area contributed by atoms with E-state index in [0.717, 1.165) is 14.8 Å². The zero-order valence-corrected chi connectivity index (χ0v) is 20.8. The highest BCUT2D eigenvalue weighted by Gasteiger charge is 2.47. The summed E-state index contributed by atoms with van der Waals surface area (Å²) < 4.78 is 33.5. The smallest absolute Gasteiger partial charge is 0.338 e. The largest absolute Gasteiger partial charge is 0.462 e. The lowest BCUT2D eigenvalue weighted by Gasteiger charge is -2.27. The van der Waals surface area contributed by atoms with E-state index in [9.17, 15) is 22.8 Å². The predicted molar refractivity (Wildman–Crippen MR) is 134 cm³/mol. The number of hydrogen-bond acceptors (Lipinski definition) is 6. The summed E-state index contributed by atoms with van der Waals surface area (Å²) in [5.41, 5.74) is 2.12. The summed E-state index contributed by atoms with van der Waals surface area (Å²) in [5, 5.41) is 0. The highest BCUT2D eigenvalue weighted by Crippen LogP contribution is 2.31. The van der Waals surface area contributed by atoms with E-state index in [0.29, 0.717) is 5.56 Å². The number of benzene rings is 3. The number of ether oxygens (including phenoxy) is 1. The first-order valence-electron chi connectivity index (χ1n) is 11.5. The maximum Gasteiger partial charge on any atom is 0.338 e. The summed E-state index contributed by atoms with van der Waals surface area (Å²) in [6.07, 6.45) is -0.295. The highest BCUT2D eigenvalue weighted by atomic mass is 32.2. The number of nitrogens with zero attached hydrogens (tertiary/aromatic N) is 2. The Kier molecular flexibility index (Phi) is 7.32. The van der Waals surface area contributed by atoms with Crippen molar-refractivity contribution in [2.45, 2.75) is 37.8 Å². The molecule has 0 aromatic heterocycles. The van der Waals surface area contributed by atoms with Crippen LogP contribution in [0.4, 0.5) is 5.69 Å². The number of aryl methyl sites for hydroxylation is 1. The summed E-state index contributed by atoms with van der Waals surface area (Å²) in [6.45, 7) is 3.69. The maximum atomic E-state index is 13.7. The third-order valence-electron chi connectivity index (χ3n) is 5.92. The van der Waals surface area contributed by atoms with Crippen molar-refractivity contribution in [3.05, 3.63) is 95.6 Å². The van der Waals surface area contributed by atoms with Crippen molar-refractivity contribution in [1.29, 1.82) is 0 Å². The van der Waals surface area contributed by atoms with Gasteiger partial charge in [0, 0.05) is 6.54 Å². The summed E-state index contributed by atoms with van der Waals surface area (Å²) in [5.74, 6) is -1.68. The maximum absolute atomic E-state index is 13.7. The lowest BCUT2D eigenvalue weighted by molar-refractivity contribution is -0.122. The molecule has 1 unspecified atom stereocenters. The molecule has 3 aromatic carbocycles. The molecule has 1 heterocycles. The van der Waals surface area contributed by atoms with E-state index >= 15 is 0 Å². The Bertz CT molecular complexity index is 1370. The molecule has 1 atom stereocenters. The van der Waals surface area contributed by atoms with Gasteiger partial charge in [-0.05, 0) is 55.8 Å². The first-order chi connectivity index (χ1) is 17.2. The second-order valence-electron chi connectivity index (χ2n) is 8.40. The molecule has 0 spiro atoms. The second kappa shape index (κ2) is 10.4. The lowest BCUT2D eigenvalue weighted by atomic mass is 10.2. The number of imide groups is 1. The minimum atomic E-state index is -4.11. The van der Waals surface area contributed by atoms with Crippen LogP contribution in [0, 0.1) is 6.92 Å². The average molecular weight is 507 g/mol. The molecule has 0 radical (unpaired) electrons. The van der Waals surface area contributed by atoms with Crippen molar-refractivity contribution in [3.8, 4) is 0 Å². The Morgan fingerprint density at radius 3 is 2.22 bits per heavy atom. The van der Waals surface area contributed by atoms with E-state index in [1.165, 1.54) is 36.4 Å². The van der Waals surface area contributed by atoms with Gasteiger partial charge in [-0.15, -0.1) is 0 Å². The summed E-state index contributed by atoms with van der Waals surface area (Å²) >= 11 is 0. The molecular weight excluding hydrogens is 480 g/mol. The monoisotopic (exact) mass is 506 g/mol. The number of carbonyl (C=O) groups is 3. The Morgan fingerprint density at radius 1 is 0.972 bits per heavy atom. The van der Waals surface area contributed by atoms with E-state index in [-0.39, 0.29) is 35.7 Å². The molecule has 1 fully saturated rings. The minimum absolute atomic E-state index is 0.0431. The first-order valence-corrected chi connectivity index (χ1v) is 12.9. The van der Waals surface area contributed by atoms with Gasteiger partial charge in [-0.3, -0.25) is 9.59 Å². The van der Waals surface area contributed by atoms with Gasteiger partial charge < -0.3 is 4.74 Å². The van der Waals surface area contributed by atoms with Crippen LogP contribution in [-0.2, 0) is 30.9 Å². The first kappa shape index (κ1) is 25.3. The van der Waals surface area contributed by atoms with Gasteiger partial charge in [-0.2, -0.15) is 4.31 Å². The number of carbonyl (C=O) groups excluding carboxylic acids is 3. The molecule has 4 rings (SSSR count). The van der Waals surface area contributed by atoms with Crippen LogP contribution in [0.3, 0.4) is 0 Å². The Labute approximate surface area is 210 Å². The molecule has 1 aliphatic rings. The fourth-order valence-corrected chi connectivity index (χ4v) is 5.61. The van der Waals surface area contributed by atoms with Gasteiger partial charge in [0.05, 0.1) is 29.2 Å². The van der Waals surface area contributed by atoms with Crippen LogP contribution in [0.2, 0.25) is 0 Å². The summed E-state index contributed by atoms with van der Waals surface area (Å²) in [6, 6.07) is 19.9. The minimum Gasteiger partial charge on any atom is -0.462 e. The van der Waals surface area contributed by atoms with E-state index < -0.39 is 33.8 Å². The van der Waals surface area contributed by atoms with Gasteiger partial charge in [0.1, 0.15) is 6.04 Å². The summed E-state index contributed by atoms with van der Waals surface area (Å²) in [4.78, 5) is 39.4. The molecule has 3 aromatic rings. The quantitative estimate of drug-likeness (QED) is 0.341. The van der Waals surface area contributed by atoms with Crippen molar-refractivity contribution in [1.82, 2.24) is 4.31 Å². The molecule has 36 heavy (non-hydrogen) atoms. The normalized spacial score (nSPS) is 16.0. The Hall–Kier alpha value is -3.82. The molecule has 0 N–H and O–H groups in total. The van der Waals surface area contributed by atoms with Gasteiger partial charge in [0.25, 0.3) is 5.91 Å². The van der Waals surface area contributed by atoms with Crippen LogP contribution in [-0.4, -0.2) is 43.2 Å². The Balaban J connectivity index is 1.68. The molecule has 1 aliphatic heterocycles. The molecule has 1 saturated heterocycles. The van der Waals surface area contributed by atoms with Gasteiger partial charge in [0.15, 0.2) is 0 Å². The van der Waals surface area contributed by atoms with Gasteiger partial charge >= 0.3 is 5.97 Å². The molecule has 9 heteroatoms. The van der Waals surface area contributed by atoms with Crippen LogP contribution < -0.4 is 4.90 Å². The third kappa shape index (κ3) is 5.07. The number of esters is 1. The van der Waals surface area contributed by atoms with Crippen molar-refractivity contribution in [3.63, 3.8) is 0 Å². The number of amides is 2. The van der Waals surface area contributed by atoms with Gasteiger partial charge in [-0.25, -0.2) is 18.1 Å². The van der Waals surface area contributed by atoms with E-state index in [2.05, 4.69) is 0 Å². The van der Waals surface area contributed by atoms with E-state index in [1.807, 2.05) is 13.0 Å². The van der Waals surface area contributed by atoms with E-state index in [4.69, 9.17) is 4.74 Å². The highest BCUT2D eigenvalue weighted by molar-refractivity contribution is 7.89. The predicted octanol–water partition coefficient (Wildman–Crippen LogP) is 3.69. The number of rotatable bonds is 8. The van der Waals surface area contributed by atoms with Crippen LogP contribution in [0.1, 0.15) is 34.8 Å². The van der Waals surface area contributed by atoms with Crippen molar-refractivity contribution >= 4 is 33.5 Å². The molecule has 2 amide bonds. The summed E-state index contributed by atoms with van der Waals surface area (Å²) in [7, 11) is -4.11. The lowest BCUT2D eigenvalue weighted by Crippen LogP contribution is -2.45. The van der Waals surface area contributed by atoms with Crippen molar-refractivity contribution < 1.29 is 27.5 Å². The molecule has 186 valence electrons. The zero-order valence-electron chi connectivity index (χ0n) is 20.0. The fraction of sp³-hybridized carbons (Fsp3) is 0.222. The number of sulfonamides is 1. The Morgan fingerprint density at radius 2 is 1.61 bits per heavy atom.